The highest BCUT2D eigenvalue weighted by atomic mass is 32.1. The molecule has 0 aliphatic heterocycles. The Hall–Kier alpha value is -1.12. The summed E-state index contributed by atoms with van der Waals surface area (Å²) >= 11 is 1.78. The van der Waals surface area contributed by atoms with Crippen molar-refractivity contribution in [1.29, 1.82) is 0 Å². The first-order valence-corrected chi connectivity index (χ1v) is 6.92. The summed E-state index contributed by atoms with van der Waals surface area (Å²) < 4.78 is 0. The molecule has 0 fully saturated rings. The zero-order valence-electron chi connectivity index (χ0n) is 9.94. The van der Waals surface area contributed by atoms with Crippen LogP contribution in [0.5, 0.6) is 0 Å². The molecule has 0 spiro atoms. The third kappa shape index (κ3) is 1.92. The normalized spacial score (nSPS) is 15.9. The van der Waals surface area contributed by atoms with E-state index in [2.05, 4.69) is 19.1 Å². The largest absolute Gasteiger partial charge is 0.383 e. The molecule has 1 aromatic heterocycles. The number of aliphatic hydroxyl groups excluding tert-OH is 1. The molecule has 1 aliphatic carbocycles. The molecule has 1 nitrogen and oxygen atoms in total. The summed E-state index contributed by atoms with van der Waals surface area (Å²) in [7, 11) is 0. The van der Waals surface area contributed by atoms with Crippen molar-refractivity contribution in [2.75, 3.05) is 0 Å². The van der Waals surface area contributed by atoms with Crippen LogP contribution < -0.4 is 0 Å². The molecule has 1 aliphatic rings. The van der Waals surface area contributed by atoms with Gasteiger partial charge in [0.25, 0.3) is 0 Å². The molecule has 1 N–H and O–H groups in total. The first-order valence-electron chi connectivity index (χ1n) is 6.11. The standard InChI is InChI=1S/C15H16OS/c1-10-5-2-3-7-12(10)15(16)14-9-11-6-4-8-13(11)17-14/h2-3,5,7,9,15-16H,4,6,8H2,1H3. The molecule has 17 heavy (non-hydrogen) atoms. The molecular formula is C15H16OS. The maximum Gasteiger partial charge on any atom is 0.113 e. The van der Waals surface area contributed by atoms with Crippen molar-refractivity contribution in [2.24, 2.45) is 0 Å². The third-order valence-corrected chi connectivity index (χ3v) is 4.81. The molecule has 2 aromatic rings. The summed E-state index contributed by atoms with van der Waals surface area (Å²) in [6, 6.07) is 10.3. The molecule has 0 bridgehead atoms. The van der Waals surface area contributed by atoms with Crippen molar-refractivity contribution in [1.82, 2.24) is 0 Å². The highest BCUT2D eigenvalue weighted by Crippen LogP contribution is 2.36. The average molecular weight is 244 g/mol. The van der Waals surface area contributed by atoms with Gasteiger partial charge in [0.15, 0.2) is 0 Å². The molecule has 0 saturated carbocycles. The fraction of sp³-hybridized carbons (Fsp3) is 0.333. The molecule has 2 heteroatoms. The van der Waals surface area contributed by atoms with Gasteiger partial charge in [0, 0.05) is 9.75 Å². The van der Waals surface area contributed by atoms with Crippen LogP contribution in [0.4, 0.5) is 0 Å². The van der Waals surface area contributed by atoms with Crippen LogP contribution in [0.25, 0.3) is 0 Å². The minimum Gasteiger partial charge on any atom is -0.383 e. The molecule has 3 rings (SSSR count). The second kappa shape index (κ2) is 4.28. The Morgan fingerprint density at radius 2 is 2.06 bits per heavy atom. The Kier molecular flexibility index (Phi) is 2.77. The lowest BCUT2D eigenvalue weighted by molar-refractivity contribution is 0.223. The number of hydrogen-bond acceptors (Lipinski definition) is 2. The van der Waals surface area contributed by atoms with Crippen molar-refractivity contribution in [3.63, 3.8) is 0 Å². The zero-order valence-corrected chi connectivity index (χ0v) is 10.8. The highest BCUT2D eigenvalue weighted by Gasteiger charge is 2.20. The molecule has 1 heterocycles. The average Bonchev–Trinajstić information content (AvgIpc) is 2.88. The Labute approximate surface area is 106 Å². The van der Waals surface area contributed by atoms with Gasteiger partial charge >= 0.3 is 0 Å². The number of hydrogen-bond donors (Lipinski definition) is 1. The van der Waals surface area contributed by atoms with Crippen LogP contribution in [0.2, 0.25) is 0 Å². The van der Waals surface area contributed by atoms with Gasteiger partial charge in [-0.25, -0.2) is 0 Å². The predicted octanol–water partition coefficient (Wildman–Crippen LogP) is 3.63. The van der Waals surface area contributed by atoms with Gasteiger partial charge < -0.3 is 5.11 Å². The maximum absolute atomic E-state index is 10.4. The van der Waals surface area contributed by atoms with E-state index in [1.165, 1.54) is 29.7 Å². The molecule has 88 valence electrons. The van der Waals surface area contributed by atoms with E-state index in [4.69, 9.17) is 0 Å². The highest BCUT2D eigenvalue weighted by molar-refractivity contribution is 7.12. The van der Waals surface area contributed by atoms with E-state index in [9.17, 15) is 5.11 Å². The van der Waals surface area contributed by atoms with Crippen LogP contribution in [0.3, 0.4) is 0 Å². The summed E-state index contributed by atoms with van der Waals surface area (Å²) in [6.07, 6.45) is 3.21. The maximum atomic E-state index is 10.4. The number of benzene rings is 1. The van der Waals surface area contributed by atoms with E-state index in [-0.39, 0.29) is 0 Å². The van der Waals surface area contributed by atoms with E-state index >= 15 is 0 Å². The second-order valence-corrected chi connectivity index (χ2v) is 5.88. The van der Waals surface area contributed by atoms with Gasteiger partial charge in [0.2, 0.25) is 0 Å². The molecule has 1 aromatic carbocycles. The first-order chi connectivity index (χ1) is 8.25. The number of thiophene rings is 1. The molecule has 1 atom stereocenters. The minimum absolute atomic E-state index is 0.452. The van der Waals surface area contributed by atoms with Gasteiger partial charge in [-0.3, -0.25) is 0 Å². The van der Waals surface area contributed by atoms with Crippen molar-refractivity contribution >= 4 is 11.3 Å². The Morgan fingerprint density at radius 1 is 1.24 bits per heavy atom. The summed E-state index contributed by atoms with van der Waals surface area (Å²) in [4.78, 5) is 2.58. The molecule has 0 amide bonds. The Bertz CT molecular complexity index is 520. The van der Waals surface area contributed by atoms with E-state index in [1.807, 2.05) is 18.2 Å². The number of aliphatic hydroxyl groups is 1. The van der Waals surface area contributed by atoms with Gasteiger partial charge in [-0.2, -0.15) is 0 Å². The van der Waals surface area contributed by atoms with Crippen molar-refractivity contribution in [3.8, 4) is 0 Å². The predicted molar refractivity (Wildman–Crippen MR) is 71.6 cm³/mol. The van der Waals surface area contributed by atoms with Crippen molar-refractivity contribution in [2.45, 2.75) is 32.3 Å². The van der Waals surface area contributed by atoms with Crippen LogP contribution in [0.1, 0.15) is 39.0 Å². The van der Waals surface area contributed by atoms with E-state index in [0.717, 1.165) is 16.0 Å². The quantitative estimate of drug-likeness (QED) is 0.855. The first kappa shape index (κ1) is 11.0. The SMILES string of the molecule is Cc1ccccc1C(O)c1cc2c(s1)CCC2. The molecular weight excluding hydrogens is 228 g/mol. The molecule has 1 unspecified atom stereocenters. The Balaban J connectivity index is 1.96. The van der Waals surface area contributed by atoms with Crippen LogP contribution in [-0.2, 0) is 12.8 Å². The number of rotatable bonds is 2. The van der Waals surface area contributed by atoms with Crippen LogP contribution >= 0.6 is 11.3 Å². The summed E-state index contributed by atoms with van der Waals surface area (Å²) in [5, 5.41) is 10.4. The van der Waals surface area contributed by atoms with Crippen LogP contribution in [0.15, 0.2) is 30.3 Å². The fourth-order valence-corrected chi connectivity index (χ4v) is 3.80. The number of aryl methyl sites for hydroxylation is 3. The lowest BCUT2D eigenvalue weighted by Crippen LogP contribution is -1.99. The minimum atomic E-state index is -0.452. The summed E-state index contributed by atoms with van der Waals surface area (Å²) in [5.74, 6) is 0. The van der Waals surface area contributed by atoms with Crippen molar-refractivity contribution in [3.05, 3.63) is 56.8 Å². The Morgan fingerprint density at radius 3 is 2.82 bits per heavy atom. The van der Waals surface area contributed by atoms with Crippen LogP contribution in [0, 0.1) is 6.92 Å². The smallest absolute Gasteiger partial charge is 0.113 e. The molecule has 0 radical (unpaired) electrons. The van der Waals surface area contributed by atoms with Crippen molar-refractivity contribution < 1.29 is 5.11 Å². The lowest BCUT2D eigenvalue weighted by atomic mass is 10.0. The van der Waals surface area contributed by atoms with E-state index < -0.39 is 6.10 Å². The third-order valence-electron chi connectivity index (χ3n) is 3.52. The fourth-order valence-electron chi connectivity index (χ4n) is 2.53. The van der Waals surface area contributed by atoms with Gasteiger partial charge in [0.05, 0.1) is 0 Å². The lowest BCUT2D eigenvalue weighted by Gasteiger charge is -2.11. The van der Waals surface area contributed by atoms with Gasteiger partial charge in [0.1, 0.15) is 6.10 Å². The van der Waals surface area contributed by atoms with E-state index in [1.54, 1.807) is 11.3 Å². The second-order valence-electron chi connectivity index (χ2n) is 4.71. The zero-order chi connectivity index (χ0) is 11.8. The molecule has 0 saturated heterocycles. The summed E-state index contributed by atoms with van der Waals surface area (Å²) in [5.41, 5.74) is 3.65. The van der Waals surface area contributed by atoms with Gasteiger partial charge in [-0.05, 0) is 48.9 Å². The number of fused-ring (bicyclic) bond motifs is 1. The monoisotopic (exact) mass is 244 g/mol. The summed E-state index contributed by atoms with van der Waals surface area (Å²) in [6.45, 7) is 2.06. The topological polar surface area (TPSA) is 20.2 Å². The van der Waals surface area contributed by atoms with Gasteiger partial charge in [-0.15, -0.1) is 11.3 Å². The van der Waals surface area contributed by atoms with Gasteiger partial charge in [-0.1, -0.05) is 24.3 Å². The van der Waals surface area contributed by atoms with Crippen LogP contribution in [-0.4, -0.2) is 5.11 Å². The van der Waals surface area contributed by atoms with E-state index in [0.29, 0.717) is 0 Å².